The number of anilines is 3. The SMILES string of the molecule is CCCOc1cc(Nc2nc(N[C@@H](CO)c3ccc(F)cn3)ncc2Cl)[nH]n1. The quantitative estimate of drug-likeness (QED) is 0.427. The minimum absolute atomic E-state index is 0.207. The van der Waals surface area contributed by atoms with Crippen LogP contribution in [0, 0.1) is 5.82 Å². The van der Waals surface area contributed by atoms with Crippen molar-refractivity contribution in [2.45, 2.75) is 19.4 Å². The van der Waals surface area contributed by atoms with E-state index in [9.17, 15) is 9.50 Å². The van der Waals surface area contributed by atoms with Crippen molar-refractivity contribution in [3.8, 4) is 5.88 Å². The van der Waals surface area contributed by atoms with E-state index in [1.165, 1.54) is 18.3 Å². The van der Waals surface area contributed by atoms with E-state index < -0.39 is 11.9 Å². The summed E-state index contributed by atoms with van der Waals surface area (Å²) in [6, 6.07) is 3.80. The molecule has 0 aromatic carbocycles. The van der Waals surface area contributed by atoms with Crippen LogP contribution in [0.3, 0.4) is 0 Å². The lowest BCUT2D eigenvalue weighted by Crippen LogP contribution is -2.18. The van der Waals surface area contributed by atoms with Crippen molar-refractivity contribution >= 4 is 29.2 Å². The van der Waals surface area contributed by atoms with Crippen molar-refractivity contribution in [1.29, 1.82) is 0 Å². The molecule has 1 atom stereocenters. The Bertz CT molecular complexity index is 907. The van der Waals surface area contributed by atoms with E-state index in [1.807, 2.05) is 6.92 Å². The molecule has 0 fully saturated rings. The van der Waals surface area contributed by atoms with Crippen LogP contribution < -0.4 is 15.4 Å². The first-order chi connectivity index (χ1) is 13.6. The molecule has 0 saturated carbocycles. The number of aromatic amines is 1. The van der Waals surface area contributed by atoms with Gasteiger partial charge in [-0.15, -0.1) is 5.10 Å². The predicted octanol–water partition coefficient (Wildman–Crippen LogP) is 3.07. The Labute approximate surface area is 165 Å². The summed E-state index contributed by atoms with van der Waals surface area (Å²) in [5, 5.41) is 22.7. The minimum Gasteiger partial charge on any atom is -0.477 e. The van der Waals surface area contributed by atoms with E-state index in [0.717, 1.165) is 12.6 Å². The number of aliphatic hydroxyl groups excluding tert-OH is 1. The van der Waals surface area contributed by atoms with E-state index in [2.05, 4.69) is 35.8 Å². The zero-order valence-electron chi connectivity index (χ0n) is 15.0. The summed E-state index contributed by atoms with van der Waals surface area (Å²) in [6.45, 7) is 2.28. The maximum absolute atomic E-state index is 13.0. The Morgan fingerprint density at radius 3 is 2.89 bits per heavy atom. The second-order valence-electron chi connectivity index (χ2n) is 5.76. The molecule has 148 valence electrons. The molecule has 11 heteroatoms. The molecule has 0 saturated heterocycles. The molecule has 9 nitrogen and oxygen atoms in total. The van der Waals surface area contributed by atoms with Gasteiger partial charge >= 0.3 is 0 Å². The third-order valence-corrected chi connectivity index (χ3v) is 3.88. The van der Waals surface area contributed by atoms with Gasteiger partial charge in [0.1, 0.15) is 16.7 Å². The highest BCUT2D eigenvalue weighted by Gasteiger charge is 2.15. The molecule has 0 aliphatic rings. The lowest BCUT2D eigenvalue weighted by molar-refractivity contribution is 0.273. The Morgan fingerprint density at radius 1 is 1.32 bits per heavy atom. The van der Waals surface area contributed by atoms with Crippen LogP contribution in [0.25, 0.3) is 0 Å². The van der Waals surface area contributed by atoms with Crippen LogP contribution in [0.5, 0.6) is 5.88 Å². The molecule has 0 aliphatic heterocycles. The number of nitrogens with zero attached hydrogens (tertiary/aromatic N) is 4. The molecule has 3 rings (SSSR count). The van der Waals surface area contributed by atoms with E-state index in [0.29, 0.717) is 29.8 Å². The van der Waals surface area contributed by atoms with Gasteiger partial charge in [-0.2, -0.15) is 4.98 Å². The van der Waals surface area contributed by atoms with Crippen molar-refractivity contribution in [3.05, 3.63) is 47.1 Å². The lowest BCUT2D eigenvalue weighted by Gasteiger charge is -2.16. The zero-order valence-corrected chi connectivity index (χ0v) is 15.7. The molecular weight excluding hydrogens is 389 g/mol. The molecule has 4 N–H and O–H groups in total. The molecule has 0 spiro atoms. The Morgan fingerprint density at radius 2 is 2.18 bits per heavy atom. The van der Waals surface area contributed by atoms with Crippen LogP contribution in [0.15, 0.2) is 30.6 Å². The fourth-order valence-corrected chi connectivity index (χ4v) is 2.40. The summed E-state index contributed by atoms with van der Waals surface area (Å²) < 4.78 is 18.5. The standard InChI is InChI=1S/C17H19ClFN7O2/c1-2-5-28-15-6-14(25-26-15)23-16-11(18)8-21-17(24-16)22-13(9-27)12-4-3-10(19)7-20-12/h3-4,6-8,13,27H,2,5,9H2,1H3,(H3,21,22,23,24,25,26)/t13-/m0/s1. The highest BCUT2D eigenvalue weighted by Crippen LogP contribution is 2.25. The number of H-pyrrole nitrogens is 1. The topological polar surface area (TPSA) is 121 Å². The van der Waals surface area contributed by atoms with Gasteiger partial charge in [-0.3, -0.25) is 10.1 Å². The fourth-order valence-electron chi connectivity index (χ4n) is 2.26. The molecule has 3 heterocycles. The van der Waals surface area contributed by atoms with Crippen LogP contribution >= 0.6 is 11.6 Å². The Balaban J connectivity index is 1.73. The second-order valence-corrected chi connectivity index (χ2v) is 6.17. The van der Waals surface area contributed by atoms with Crippen molar-refractivity contribution in [1.82, 2.24) is 25.1 Å². The monoisotopic (exact) mass is 407 g/mol. The Hall–Kier alpha value is -2.98. The highest BCUT2D eigenvalue weighted by atomic mass is 35.5. The van der Waals surface area contributed by atoms with Crippen LogP contribution in [0.4, 0.5) is 22.0 Å². The van der Waals surface area contributed by atoms with E-state index in [-0.39, 0.29) is 17.6 Å². The van der Waals surface area contributed by atoms with Gasteiger partial charge in [-0.1, -0.05) is 18.5 Å². The summed E-state index contributed by atoms with van der Waals surface area (Å²) in [6.07, 6.45) is 3.36. The second kappa shape index (κ2) is 9.29. The van der Waals surface area contributed by atoms with Crippen molar-refractivity contribution in [2.75, 3.05) is 23.8 Å². The molecular formula is C17H19ClFN7O2. The van der Waals surface area contributed by atoms with Gasteiger partial charge in [0.2, 0.25) is 11.8 Å². The summed E-state index contributed by atoms with van der Waals surface area (Å²) in [4.78, 5) is 12.4. The maximum Gasteiger partial charge on any atom is 0.234 e. The van der Waals surface area contributed by atoms with Gasteiger partial charge in [0.05, 0.1) is 37.3 Å². The van der Waals surface area contributed by atoms with Gasteiger partial charge < -0.3 is 20.5 Å². The van der Waals surface area contributed by atoms with Gasteiger partial charge in [0.15, 0.2) is 5.82 Å². The molecule has 0 bridgehead atoms. The van der Waals surface area contributed by atoms with Crippen molar-refractivity contribution in [3.63, 3.8) is 0 Å². The number of hydrogen-bond donors (Lipinski definition) is 4. The van der Waals surface area contributed by atoms with Crippen molar-refractivity contribution in [2.24, 2.45) is 0 Å². The van der Waals surface area contributed by atoms with Crippen LogP contribution in [-0.2, 0) is 0 Å². The number of aromatic nitrogens is 5. The van der Waals surface area contributed by atoms with E-state index in [4.69, 9.17) is 16.3 Å². The molecule has 0 unspecified atom stereocenters. The first-order valence-corrected chi connectivity index (χ1v) is 8.93. The number of ether oxygens (including phenoxy) is 1. The lowest BCUT2D eigenvalue weighted by atomic mass is 10.2. The minimum atomic E-state index is -0.615. The van der Waals surface area contributed by atoms with Gasteiger partial charge in [-0.05, 0) is 18.6 Å². The fraction of sp³-hybridized carbons (Fsp3) is 0.294. The average molecular weight is 408 g/mol. The van der Waals surface area contributed by atoms with Crippen LogP contribution in [-0.4, -0.2) is 43.5 Å². The predicted molar refractivity (Wildman–Crippen MR) is 102 cm³/mol. The number of hydrogen-bond acceptors (Lipinski definition) is 8. The molecule has 3 aromatic rings. The first-order valence-electron chi connectivity index (χ1n) is 8.55. The molecule has 28 heavy (non-hydrogen) atoms. The zero-order chi connectivity index (χ0) is 19.9. The molecule has 0 amide bonds. The third-order valence-electron chi connectivity index (χ3n) is 3.60. The van der Waals surface area contributed by atoms with E-state index in [1.54, 1.807) is 6.07 Å². The summed E-state index contributed by atoms with van der Waals surface area (Å²) in [7, 11) is 0. The van der Waals surface area contributed by atoms with Gasteiger partial charge in [-0.25, -0.2) is 9.37 Å². The largest absolute Gasteiger partial charge is 0.477 e. The number of rotatable bonds is 9. The third kappa shape index (κ3) is 5.05. The number of pyridine rings is 1. The van der Waals surface area contributed by atoms with Gasteiger partial charge in [0, 0.05) is 6.07 Å². The molecule has 0 radical (unpaired) electrons. The molecule has 0 aliphatic carbocycles. The number of halogens is 2. The first kappa shape index (κ1) is 19.8. The summed E-state index contributed by atoms with van der Waals surface area (Å²) in [5.41, 5.74) is 0.447. The van der Waals surface area contributed by atoms with Crippen LogP contribution in [0.1, 0.15) is 25.1 Å². The summed E-state index contributed by atoms with van der Waals surface area (Å²) >= 11 is 6.16. The Kier molecular flexibility index (Phi) is 6.56. The van der Waals surface area contributed by atoms with Crippen molar-refractivity contribution < 1.29 is 14.2 Å². The maximum atomic E-state index is 13.0. The highest BCUT2D eigenvalue weighted by molar-refractivity contribution is 6.32. The number of aliphatic hydroxyl groups is 1. The molecule has 3 aromatic heterocycles. The smallest absolute Gasteiger partial charge is 0.234 e. The summed E-state index contributed by atoms with van der Waals surface area (Å²) in [5.74, 6) is 1.07. The van der Waals surface area contributed by atoms with Crippen LogP contribution in [0.2, 0.25) is 5.02 Å². The van der Waals surface area contributed by atoms with E-state index >= 15 is 0 Å². The normalized spacial score (nSPS) is 11.9. The average Bonchev–Trinajstić information content (AvgIpc) is 3.15. The van der Waals surface area contributed by atoms with Gasteiger partial charge in [0.25, 0.3) is 0 Å². The number of nitrogens with one attached hydrogen (secondary N) is 3.